The molecule has 0 unspecified atom stereocenters. The normalized spacial score (nSPS) is 10.7. The lowest BCUT2D eigenvalue weighted by atomic mass is 10.2. The number of aryl methyl sites for hydroxylation is 1. The minimum atomic E-state index is 0.00274. The summed E-state index contributed by atoms with van der Waals surface area (Å²) >= 11 is 0. The molecular weight excluding hydrogens is 302 g/mol. The zero-order chi connectivity index (χ0) is 16.8. The van der Waals surface area contributed by atoms with Gasteiger partial charge in [-0.05, 0) is 37.6 Å². The van der Waals surface area contributed by atoms with Crippen LogP contribution in [0.3, 0.4) is 0 Å². The summed E-state index contributed by atoms with van der Waals surface area (Å²) in [6.45, 7) is 2.98. The fraction of sp³-hybridized carbons (Fsp3) is 0.250. The Morgan fingerprint density at radius 3 is 2.71 bits per heavy atom. The van der Waals surface area contributed by atoms with Crippen LogP contribution in [0.2, 0.25) is 0 Å². The molecule has 1 N–H and O–H groups in total. The van der Waals surface area contributed by atoms with Crippen LogP contribution >= 0.6 is 0 Å². The van der Waals surface area contributed by atoms with E-state index in [1.807, 2.05) is 61.5 Å². The van der Waals surface area contributed by atoms with Gasteiger partial charge in [-0.25, -0.2) is 0 Å². The van der Waals surface area contributed by atoms with Crippen molar-refractivity contribution in [1.29, 1.82) is 0 Å². The number of carbonyl (C=O) groups is 1. The standard InChI is InChI=1S/C20H21NO3/c1-15-8-10-17(11-9-15)23-12-4-7-20(22)21-14-18-13-16-5-2-3-6-19(16)24-18/h2-3,5-6,8-11,13H,4,7,12,14H2,1H3,(H,21,22). The number of hydrogen-bond acceptors (Lipinski definition) is 3. The van der Waals surface area contributed by atoms with Gasteiger partial charge in [-0.2, -0.15) is 0 Å². The molecule has 0 fully saturated rings. The van der Waals surface area contributed by atoms with Gasteiger partial charge in [0.15, 0.2) is 0 Å². The van der Waals surface area contributed by atoms with Crippen molar-refractivity contribution in [3.63, 3.8) is 0 Å². The number of benzene rings is 2. The number of furan rings is 1. The Morgan fingerprint density at radius 1 is 1.12 bits per heavy atom. The highest BCUT2D eigenvalue weighted by Gasteiger charge is 2.06. The number of carbonyl (C=O) groups excluding carboxylic acids is 1. The largest absolute Gasteiger partial charge is 0.494 e. The molecule has 0 saturated heterocycles. The van der Waals surface area contributed by atoms with Crippen LogP contribution in [0.5, 0.6) is 5.75 Å². The van der Waals surface area contributed by atoms with Crippen LogP contribution in [-0.2, 0) is 11.3 Å². The second-order valence-corrected chi connectivity index (χ2v) is 5.79. The van der Waals surface area contributed by atoms with E-state index < -0.39 is 0 Å². The van der Waals surface area contributed by atoms with Gasteiger partial charge in [0.1, 0.15) is 17.1 Å². The van der Waals surface area contributed by atoms with Crippen LogP contribution in [0.4, 0.5) is 0 Å². The molecule has 0 spiro atoms. The molecule has 2 aromatic carbocycles. The lowest BCUT2D eigenvalue weighted by molar-refractivity contribution is -0.121. The molecule has 0 atom stereocenters. The Balaban J connectivity index is 1.37. The van der Waals surface area contributed by atoms with Crippen molar-refractivity contribution in [3.05, 3.63) is 65.9 Å². The Kier molecular flexibility index (Phi) is 5.16. The fourth-order valence-corrected chi connectivity index (χ4v) is 2.46. The molecule has 0 radical (unpaired) electrons. The summed E-state index contributed by atoms with van der Waals surface area (Å²) in [6.07, 6.45) is 1.12. The molecule has 3 rings (SSSR count). The van der Waals surface area contributed by atoms with Gasteiger partial charge in [-0.15, -0.1) is 0 Å². The Morgan fingerprint density at radius 2 is 1.92 bits per heavy atom. The maximum Gasteiger partial charge on any atom is 0.220 e. The van der Waals surface area contributed by atoms with Crippen LogP contribution in [0.15, 0.2) is 59.0 Å². The quantitative estimate of drug-likeness (QED) is 0.662. The molecule has 4 nitrogen and oxygen atoms in total. The topological polar surface area (TPSA) is 51.5 Å². The minimum Gasteiger partial charge on any atom is -0.494 e. The van der Waals surface area contributed by atoms with E-state index in [4.69, 9.17) is 9.15 Å². The maximum absolute atomic E-state index is 11.9. The summed E-state index contributed by atoms with van der Waals surface area (Å²) in [4.78, 5) is 11.9. The number of rotatable bonds is 7. The molecule has 1 aromatic heterocycles. The van der Waals surface area contributed by atoms with Gasteiger partial charge in [0.05, 0.1) is 13.2 Å². The van der Waals surface area contributed by atoms with Crippen LogP contribution in [-0.4, -0.2) is 12.5 Å². The van der Waals surface area contributed by atoms with Gasteiger partial charge in [-0.3, -0.25) is 4.79 Å². The third-order valence-electron chi connectivity index (χ3n) is 3.77. The van der Waals surface area contributed by atoms with Gasteiger partial charge in [0, 0.05) is 11.8 Å². The molecule has 0 aliphatic heterocycles. The van der Waals surface area contributed by atoms with E-state index in [1.54, 1.807) is 0 Å². The molecule has 0 saturated carbocycles. The Hall–Kier alpha value is -2.75. The van der Waals surface area contributed by atoms with E-state index in [0.29, 0.717) is 26.0 Å². The summed E-state index contributed by atoms with van der Waals surface area (Å²) in [6, 6.07) is 17.7. The van der Waals surface area contributed by atoms with Crippen molar-refractivity contribution < 1.29 is 13.9 Å². The molecule has 0 bridgehead atoms. The van der Waals surface area contributed by atoms with E-state index in [-0.39, 0.29) is 5.91 Å². The Bertz CT molecular complexity index is 772. The molecule has 0 aliphatic carbocycles. The highest BCUT2D eigenvalue weighted by molar-refractivity contribution is 5.78. The number of nitrogens with one attached hydrogen (secondary N) is 1. The van der Waals surface area contributed by atoms with E-state index in [0.717, 1.165) is 22.5 Å². The maximum atomic E-state index is 11.9. The SMILES string of the molecule is Cc1ccc(OCCCC(=O)NCc2cc3ccccc3o2)cc1. The number of ether oxygens (including phenoxy) is 1. The van der Waals surface area contributed by atoms with Gasteiger partial charge < -0.3 is 14.5 Å². The summed E-state index contributed by atoms with van der Waals surface area (Å²) in [5, 5.41) is 3.93. The molecule has 3 aromatic rings. The monoisotopic (exact) mass is 323 g/mol. The summed E-state index contributed by atoms with van der Waals surface area (Å²) in [7, 11) is 0. The van der Waals surface area contributed by atoms with E-state index in [9.17, 15) is 4.79 Å². The molecule has 0 aliphatic rings. The fourth-order valence-electron chi connectivity index (χ4n) is 2.46. The summed E-state index contributed by atoms with van der Waals surface area (Å²) in [5.74, 6) is 1.60. The van der Waals surface area contributed by atoms with Crippen LogP contribution < -0.4 is 10.1 Å². The molecule has 124 valence electrons. The average Bonchev–Trinajstić information content (AvgIpc) is 3.01. The van der Waals surface area contributed by atoms with Crippen molar-refractivity contribution in [1.82, 2.24) is 5.32 Å². The van der Waals surface area contributed by atoms with Crippen molar-refractivity contribution >= 4 is 16.9 Å². The molecule has 1 amide bonds. The van der Waals surface area contributed by atoms with Crippen molar-refractivity contribution in [2.45, 2.75) is 26.3 Å². The van der Waals surface area contributed by atoms with E-state index >= 15 is 0 Å². The zero-order valence-electron chi connectivity index (χ0n) is 13.7. The lowest BCUT2D eigenvalue weighted by Gasteiger charge is -2.06. The molecule has 1 heterocycles. The number of fused-ring (bicyclic) bond motifs is 1. The van der Waals surface area contributed by atoms with Crippen molar-refractivity contribution in [2.75, 3.05) is 6.61 Å². The molecular formula is C20H21NO3. The van der Waals surface area contributed by atoms with Gasteiger partial charge in [0.2, 0.25) is 5.91 Å². The lowest BCUT2D eigenvalue weighted by Crippen LogP contribution is -2.22. The van der Waals surface area contributed by atoms with Crippen LogP contribution in [0.1, 0.15) is 24.2 Å². The van der Waals surface area contributed by atoms with E-state index in [2.05, 4.69) is 5.32 Å². The van der Waals surface area contributed by atoms with Crippen molar-refractivity contribution in [3.8, 4) is 5.75 Å². The number of hydrogen-bond donors (Lipinski definition) is 1. The van der Waals surface area contributed by atoms with E-state index in [1.165, 1.54) is 5.56 Å². The highest BCUT2D eigenvalue weighted by atomic mass is 16.5. The third kappa shape index (κ3) is 4.38. The second-order valence-electron chi connectivity index (χ2n) is 5.79. The predicted molar refractivity (Wildman–Crippen MR) is 94.0 cm³/mol. The molecule has 4 heteroatoms. The first-order chi connectivity index (χ1) is 11.7. The van der Waals surface area contributed by atoms with Gasteiger partial charge in [-0.1, -0.05) is 35.9 Å². The summed E-state index contributed by atoms with van der Waals surface area (Å²) < 4.78 is 11.3. The average molecular weight is 323 g/mol. The second kappa shape index (κ2) is 7.68. The predicted octanol–water partition coefficient (Wildman–Crippen LogP) is 4.22. The van der Waals surface area contributed by atoms with Gasteiger partial charge >= 0.3 is 0 Å². The Labute approximate surface area is 141 Å². The third-order valence-corrected chi connectivity index (χ3v) is 3.77. The number of amides is 1. The summed E-state index contributed by atoms with van der Waals surface area (Å²) in [5.41, 5.74) is 2.04. The van der Waals surface area contributed by atoms with Crippen LogP contribution in [0.25, 0.3) is 11.0 Å². The minimum absolute atomic E-state index is 0.00274. The first-order valence-corrected chi connectivity index (χ1v) is 8.14. The smallest absolute Gasteiger partial charge is 0.220 e. The zero-order valence-corrected chi connectivity index (χ0v) is 13.7. The number of para-hydroxylation sites is 1. The van der Waals surface area contributed by atoms with Crippen molar-refractivity contribution in [2.24, 2.45) is 0 Å². The first-order valence-electron chi connectivity index (χ1n) is 8.14. The van der Waals surface area contributed by atoms with Crippen LogP contribution in [0, 0.1) is 6.92 Å². The first kappa shape index (κ1) is 16.1. The molecule has 24 heavy (non-hydrogen) atoms. The highest BCUT2D eigenvalue weighted by Crippen LogP contribution is 2.18. The van der Waals surface area contributed by atoms with Gasteiger partial charge in [0.25, 0.3) is 0 Å².